The summed E-state index contributed by atoms with van der Waals surface area (Å²) in [5, 5.41) is 0. The van der Waals surface area contributed by atoms with Crippen LogP contribution in [-0.2, 0) is 0 Å². The van der Waals surface area contributed by atoms with Crippen molar-refractivity contribution in [3.63, 3.8) is 0 Å². The number of hydrogen-bond acceptors (Lipinski definition) is 4. The first kappa shape index (κ1) is 10.1. The lowest BCUT2D eigenvalue weighted by atomic mass is 10.7. The van der Waals surface area contributed by atoms with Crippen molar-refractivity contribution in [2.45, 2.75) is 10.4 Å². The molecule has 0 amide bonds. The Bertz CT molecular complexity index is 274. The van der Waals surface area contributed by atoms with Gasteiger partial charge < -0.3 is 4.74 Å². The van der Waals surface area contributed by atoms with Crippen molar-refractivity contribution in [3.05, 3.63) is 12.4 Å². The normalized spacial score (nSPS) is 11.4. The van der Waals surface area contributed by atoms with E-state index < -0.39 is 5.51 Å². The van der Waals surface area contributed by atoms with E-state index in [1.807, 2.05) is 0 Å². The summed E-state index contributed by atoms with van der Waals surface area (Å²) in [5.74, 6) is 0. The van der Waals surface area contributed by atoms with Gasteiger partial charge in [-0.2, -0.15) is 13.2 Å². The maximum atomic E-state index is 11.8. The molecule has 7 heteroatoms. The summed E-state index contributed by atoms with van der Waals surface area (Å²) < 4.78 is 40.0. The highest BCUT2D eigenvalue weighted by molar-refractivity contribution is 8.00. The summed E-state index contributed by atoms with van der Waals surface area (Å²) in [7, 11) is 1.34. The Balaban J connectivity index is 2.70. The zero-order valence-electron chi connectivity index (χ0n) is 6.50. The molecule has 0 aliphatic rings. The van der Waals surface area contributed by atoms with Gasteiger partial charge in [0.2, 0.25) is 0 Å². The van der Waals surface area contributed by atoms with Gasteiger partial charge in [0.1, 0.15) is 0 Å². The van der Waals surface area contributed by atoms with E-state index in [9.17, 15) is 13.2 Å². The number of methoxy groups -OCH3 is 1. The number of aromatic nitrogens is 2. The monoisotopic (exact) mass is 210 g/mol. The molecular formula is C6H5F3N2OS. The molecule has 0 aromatic carbocycles. The van der Waals surface area contributed by atoms with Crippen LogP contribution in [-0.4, -0.2) is 22.6 Å². The summed E-state index contributed by atoms with van der Waals surface area (Å²) in [5.41, 5.74) is -4.31. The van der Waals surface area contributed by atoms with E-state index in [4.69, 9.17) is 0 Å². The molecule has 13 heavy (non-hydrogen) atoms. The Labute approximate surface area is 76.3 Å². The molecule has 0 spiro atoms. The lowest BCUT2D eigenvalue weighted by Crippen LogP contribution is -2.00. The third kappa shape index (κ3) is 3.49. The summed E-state index contributed by atoms with van der Waals surface area (Å²) >= 11 is -0.261. The van der Waals surface area contributed by atoms with Gasteiger partial charge in [0, 0.05) is 12.4 Å². The fraction of sp³-hybridized carbons (Fsp3) is 0.333. The van der Waals surface area contributed by atoms with Crippen molar-refractivity contribution in [2.75, 3.05) is 7.11 Å². The highest BCUT2D eigenvalue weighted by Crippen LogP contribution is 2.36. The summed E-state index contributed by atoms with van der Waals surface area (Å²) in [6.45, 7) is 0. The molecule has 0 saturated heterocycles. The topological polar surface area (TPSA) is 35.0 Å². The predicted molar refractivity (Wildman–Crippen MR) is 40.5 cm³/mol. The van der Waals surface area contributed by atoms with Crippen molar-refractivity contribution in [2.24, 2.45) is 0 Å². The van der Waals surface area contributed by atoms with Gasteiger partial charge in [0.05, 0.1) is 12.0 Å². The minimum Gasteiger partial charge on any atom is -0.467 e. The van der Waals surface area contributed by atoms with Gasteiger partial charge in [-0.05, 0) is 11.8 Å². The van der Waals surface area contributed by atoms with E-state index in [0.717, 1.165) is 12.4 Å². The second kappa shape index (κ2) is 3.82. The number of ether oxygens (including phenoxy) is 1. The zero-order chi connectivity index (χ0) is 9.90. The number of hydrogen-bond donors (Lipinski definition) is 0. The Morgan fingerprint density at radius 1 is 1.31 bits per heavy atom. The number of halogens is 3. The maximum absolute atomic E-state index is 11.8. The largest absolute Gasteiger partial charge is 0.467 e. The van der Waals surface area contributed by atoms with E-state index in [1.165, 1.54) is 7.11 Å². The van der Waals surface area contributed by atoms with Crippen LogP contribution >= 0.6 is 11.8 Å². The van der Waals surface area contributed by atoms with Gasteiger partial charge in [-0.1, -0.05) is 0 Å². The fourth-order valence-corrected chi connectivity index (χ4v) is 1.07. The van der Waals surface area contributed by atoms with E-state index >= 15 is 0 Å². The average molecular weight is 210 g/mol. The smallest absolute Gasteiger partial charge is 0.446 e. The second-order valence-corrected chi connectivity index (χ2v) is 3.09. The summed E-state index contributed by atoms with van der Waals surface area (Å²) in [6.07, 6.45) is 2.12. The number of rotatable bonds is 2. The summed E-state index contributed by atoms with van der Waals surface area (Å²) in [6, 6.07) is 0.0477. The van der Waals surface area contributed by atoms with Crippen LogP contribution in [0.25, 0.3) is 0 Å². The quantitative estimate of drug-likeness (QED) is 0.700. The van der Waals surface area contributed by atoms with Crippen LogP contribution in [0.4, 0.5) is 13.2 Å². The molecule has 0 saturated carbocycles. The second-order valence-electron chi connectivity index (χ2n) is 1.95. The first-order valence-corrected chi connectivity index (χ1v) is 3.95. The van der Waals surface area contributed by atoms with Gasteiger partial charge in [-0.15, -0.1) is 0 Å². The maximum Gasteiger partial charge on any atom is 0.446 e. The van der Waals surface area contributed by atoms with Gasteiger partial charge in [0.15, 0.2) is 0 Å². The van der Waals surface area contributed by atoms with Crippen molar-refractivity contribution < 1.29 is 17.9 Å². The zero-order valence-corrected chi connectivity index (χ0v) is 7.32. The Hall–Kier alpha value is -0.980. The molecule has 0 aliphatic heterocycles. The molecular weight excluding hydrogens is 205 g/mol. The van der Waals surface area contributed by atoms with Crippen molar-refractivity contribution in [1.82, 2.24) is 9.97 Å². The Kier molecular flexibility index (Phi) is 2.97. The van der Waals surface area contributed by atoms with Crippen LogP contribution < -0.4 is 4.74 Å². The van der Waals surface area contributed by atoms with Crippen LogP contribution in [0, 0.1) is 0 Å². The van der Waals surface area contributed by atoms with Crippen molar-refractivity contribution in [3.8, 4) is 6.01 Å². The molecule has 1 aromatic rings. The highest BCUT2D eigenvalue weighted by atomic mass is 32.2. The van der Waals surface area contributed by atoms with Gasteiger partial charge in [-0.25, -0.2) is 9.97 Å². The molecule has 0 unspecified atom stereocenters. The fourth-order valence-electron chi connectivity index (χ4n) is 0.596. The van der Waals surface area contributed by atoms with E-state index in [0.29, 0.717) is 0 Å². The van der Waals surface area contributed by atoms with Crippen molar-refractivity contribution >= 4 is 11.8 Å². The van der Waals surface area contributed by atoms with Crippen LogP contribution in [0.15, 0.2) is 17.3 Å². The molecule has 1 rings (SSSR count). The lowest BCUT2D eigenvalue weighted by molar-refractivity contribution is -0.0328. The van der Waals surface area contributed by atoms with Gasteiger partial charge >= 0.3 is 11.5 Å². The third-order valence-electron chi connectivity index (χ3n) is 1.02. The SMILES string of the molecule is COc1ncc(SC(F)(F)F)cn1. The van der Waals surface area contributed by atoms with E-state index in [1.54, 1.807) is 0 Å². The molecule has 1 aromatic heterocycles. The molecule has 1 heterocycles. The summed E-state index contributed by atoms with van der Waals surface area (Å²) in [4.78, 5) is 6.99. The highest BCUT2D eigenvalue weighted by Gasteiger charge is 2.29. The molecule has 0 radical (unpaired) electrons. The van der Waals surface area contributed by atoms with Crippen molar-refractivity contribution in [1.29, 1.82) is 0 Å². The minimum atomic E-state index is -4.31. The number of nitrogens with zero attached hydrogens (tertiary/aromatic N) is 2. The van der Waals surface area contributed by atoms with Crippen LogP contribution in [0.3, 0.4) is 0 Å². The minimum absolute atomic E-state index is 0.0477. The standard InChI is InChI=1S/C6H5F3N2OS/c1-12-5-10-2-4(3-11-5)13-6(7,8)9/h2-3H,1H3. The first-order valence-electron chi connectivity index (χ1n) is 3.13. The number of alkyl halides is 3. The Morgan fingerprint density at radius 2 is 1.85 bits per heavy atom. The molecule has 3 nitrogen and oxygen atoms in total. The predicted octanol–water partition coefficient (Wildman–Crippen LogP) is 2.10. The van der Waals surface area contributed by atoms with Crippen LogP contribution in [0.1, 0.15) is 0 Å². The molecule has 0 atom stereocenters. The van der Waals surface area contributed by atoms with E-state index in [2.05, 4.69) is 14.7 Å². The molecule has 0 fully saturated rings. The van der Waals surface area contributed by atoms with E-state index in [-0.39, 0.29) is 22.7 Å². The number of thioether (sulfide) groups is 1. The third-order valence-corrected chi connectivity index (χ3v) is 1.70. The van der Waals surface area contributed by atoms with Crippen LogP contribution in [0.2, 0.25) is 0 Å². The molecule has 0 bridgehead atoms. The van der Waals surface area contributed by atoms with Crippen LogP contribution in [0.5, 0.6) is 6.01 Å². The molecule has 72 valence electrons. The Morgan fingerprint density at radius 3 is 2.23 bits per heavy atom. The lowest BCUT2D eigenvalue weighted by Gasteiger charge is -2.04. The first-order chi connectivity index (χ1) is 6.01. The molecule has 0 N–H and O–H groups in total. The average Bonchev–Trinajstić information content (AvgIpc) is 2.03. The van der Waals surface area contributed by atoms with Gasteiger partial charge in [-0.3, -0.25) is 0 Å². The van der Waals surface area contributed by atoms with Gasteiger partial charge in [0.25, 0.3) is 0 Å². The molecule has 0 aliphatic carbocycles.